The van der Waals surface area contributed by atoms with E-state index in [0.29, 0.717) is 5.95 Å². The van der Waals surface area contributed by atoms with Gasteiger partial charge in [-0.1, -0.05) is 13.3 Å². The Morgan fingerprint density at radius 3 is 2.31 bits per heavy atom. The molecule has 0 bridgehead atoms. The van der Waals surface area contributed by atoms with Gasteiger partial charge in [-0.3, -0.25) is 0 Å². The van der Waals surface area contributed by atoms with Crippen LogP contribution in [-0.2, 0) is 0 Å². The van der Waals surface area contributed by atoms with Crippen LogP contribution in [-0.4, -0.2) is 9.97 Å². The number of nitrogens with zero attached hydrogens (tertiary/aromatic N) is 2. The maximum Gasteiger partial charge on any atom is 0.219 e. The summed E-state index contributed by atoms with van der Waals surface area (Å²) in [7, 11) is 0. The minimum absolute atomic E-state index is 0.322. The predicted molar refractivity (Wildman–Crippen MR) is 54.8 cm³/mol. The lowest BCUT2D eigenvalue weighted by Gasteiger charge is -1.82. The molecule has 0 radical (unpaired) electrons. The highest BCUT2D eigenvalue weighted by molar-refractivity contribution is 5.11. The van der Waals surface area contributed by atoms with Crippen LogP contribution in [0, 0.1) is 12.3 Å². The Balaban J connectivity index is 0.000000226. The van der Waals surface area contributed by atoms with Crippen LogP contribution in [0.4, 0.5) is 5.95 Å². The normalized spacial score (nSPS) is 8.00. The highest BCUT2D eigenvalue weighted by atomic mass is 15.0. The molecule has 0 aliphatic heterocycles. The van der Waals surface area contributed by atoms with E-state index >= 15 is 0 Å². The molecule has 0 saturated heterocycles. The summed E-state index contributed by atoms with van der Waals surface area (Å²) in [5.41, 5.74) is 5.14. The molecule has 13 heavy (non-hydrogen) atoms. The van der Waals surface area contributed by atoms with Crippen LogP contribution in [0.3, 0.4) is 0 Å². The van der Waals surface area contributed by atoms with Gasteiger partial charge in [-0.05, 0) is 12.5 Å². The first-order valence-corrected chi connectivity index (χ1v) is 4.27. The van der Waals surface area contributed by atoms with Crippen molar-refractivity contribution in [2.75, 3.05) is 5.73 Å². The lowest BCUT2D eigenvalue weighted by atomic mass is 10.3. The summed E-state index contributed by atoms with van der Waals surface area (Å²) in [6.45, 7) is 2.14. The molecule has 1 heterocycles. The molecular weight excluding hydrogens is 162 g/mol. The number of aromatic nitrogens is 2. The molecule has 0 fully saturated rings. The maximum atomic E-state index is 5.14. The molecule has 70 valence electrons. The number of rotatable bonds is 2. The quantitative estimate of drug-likeness (QED) is 0.554. The van der Waals surface area contributed by atoms with Crippen molar-refractivity contribution < 1.29 is 0 Å². The van der Waals surface area contributed by atoms with E-state index in [1.165, 1.54) is 12.8 Å². The SMILES string of the molecule is C#CCCCC.Nc1ncccn1. The Kier molecular flexibility index (Phi) is 7.51. The van der Waals surface area contributed by atoms with Crippen LogP contribution in [0.15, 0.2) is 18.5 Å². The summed E-state index contributed by atoms with van der Waals surface area (Å²) in [5.74, 6) is 2.89. The summed E-state index contributed by atoms with van der Waals surface area (Å²) >= 11 is 0. The van der Waals surface area contributed by atoms with Crippen LogP contribution in [0.1, 0.15) is 26.2 Å². The van der Waals surface area contributed by atoms with Crippen molar-refractivity contribution in [2.45, 2.75) is 26.2 Å². The average molecular weight is 177 g/mol. The molecular formula is C10H15N3. The summed E-state index contributed by atoms with van der Waals surface area (Å²) < 4.78 is 0. The zero-order valence-electron chi connectivity index (χ0n) is 7.90. The van der Waals surface area contributed by atoms with Crippen LogP contribution in [0.5, 0.6) is 0 Å². The number of nitrogen functional groups attached to an aromatic ring is 1. The van der Waals surface area contributed by atoms with Gasteiger partial charge >= 0.3 is 0 Å². The molecule has 0 amide bonds. The van der Waals surface area contributed by atoms with E-state index in [-0.39, 0.29) is 0 Å². The van der Waals surface area contributed by atoms with Gasteiger partial charge in [-0.15, -0.1) is 12.3 Å². The smallest absolute Gasteiger partial charge is 0.219 e. The van der Waals surface area contributed by atoms with Gasteiger partial charge in [-0.2, -0.15) is 0 Å². The van der Waals surface area contributed by atoms with E-state index in [9.17, 15) is 0 Å². The first kappa shape index (κ1) is 11.4. The Bertz CT molecular complexity index is 238. The Hall–Kier alpha value is -1.56. The van der Waals surface area contributed by atoms with Crippen LogP contribution < -0.4 is 5.73 Å². The summed E-state index contributed by atoms with van der Waals surface area (Å²) in [6.07, 6.45) is 11.5. The van der Waals surface area contributed by atoms with Gasteiger partial charge in [0.1, 0.15) is 0 Å². The molecule has 0 aromatic carbocycles. The number of nitrogens with two attached hydrogens (primary N) is 1. The molecule has 2 N–H and O–H groups in total. The summed E-state index contributed by atoms with van der Waals surface area (Å²) in [6, 6.07) is 1.72. The lowest BCUT2D eigenvalue weighted by Crippen LogP contribution is -1.90. The van der Waals surface area contributed by atoms with Gasteiger partial charge < -0.3 is 5.73 Å². The molecule has 1 aromatic rings. The highest BCUT2D eigenvalue weighted by Crippen LogP contribution is 1.88. The van der Waals surface area contributed by atoms with Gasteiger partial charge in [0.25, 0.3) is 0 Å². The standard InChI is InChI=1S/C6H10.C4H5N3/c1-3-5-6-4-2;5-4-6-2-1-3-7-4/h1H,4-6H2,2H3;1-3H,(H2,5,6,7). The predicted octanol–water partition coefficient (Wildman–Crippen LogP) is 1.87. The second-order valence-corrected chi connectivity index (χ2v) is 2.41. The van der Waals surface area contributed by atoms with Crippen LogP contribution in [0.25, 0.3) is 0 Å². The number of anilines is 1. The largest absolute Gasteiger partial charge is 0.368 e. The van der Waals surface area contributed by atoms with Gasteiger partial charge in [0.05, 0.1) is 0 Å². The molecule has 0 unspecified atom stereocenters. The van der Waals surface area contributed by atoms with Crippen LogP contribution in [0.2, 0.25) is 0 Å². The molecule has 0 aliphatic rings. The molecule has 3 nitrogen and oxygen atoms in total. The van der Waals surface area contributed by atoms with Crippen molar-refractivity contribution in [1.29, 1.82) is 0 Å². The molecule has 0 spiro atoms. The van der Waals surface area contributed by atoms with E-state index in [1.807, 2.05) is 0 Å². The zero-order valence-corrected chi connectivity index (χ0v) is 7.90. The molecule has 0 aliphatic carbocycles. The van der Waals surface area contributed by atoms with E-state index in [0.717, 1.165) is 6.42 Å². The Morgan fingerprint density at radius 1 is 1.46 bits per heavy atom. The highest BCUT2D eigenvalue weighted by Gasteiger charge is 1.75. The van der Waals surface area contributed by atoms with Crippen molar-refractivity contribution in [1.82, 2.24) is 9.97 Å². The third kappa shape index (κ3) is 8.35. The number of hydrogen-bond acceptors (Lipinski definition) is 3. The Morgan fingerprint density at radius 2 is 2.08 bits per heavy atom. The number of terminal acetylenes is 1. The molecule has 1 rings (SSSR count). The van der Waals surface area contributed by atoms with Crippen molar-refractivity contribution >= 4 is 5.95 Å². The van der Waals surface area contributed by atoms with Crippen molar-refractivity contribution in [3.63, 3.8) is 0 Å². The minimum atomic E-state index is 0.322. The second kappa shape index (κ2) is 8.54. The molecule has 0 saturated carbocycles. The first-order valence-electron chi connectivity index (χ1n) is 4.27. The fourth-order valence-electron chi connectivity index (χ4n) is 0.589. The van der Waals surface area contributed by atoms with Crippen molar-refractivity contribution in [2.24, 2.45) is 0 Å². The Labute approximate surface area is 79.4 Å². The average Bonchev–Trinajstić information content (AvgIpc) is 2.17. The number of hydrogen-bond donors (Lipinski definition) is 1. The van der Waals surface area contributed by atoms with E-state index in [2.05, 4.69) is 22.8 Å². The first-order chi connectivity index (χ1) is 6.31. The molecule has 3 heteroatoms. The second-order valence-electron chi connectivity index (χ2n) is 2.41. The van der Waals surface area contributed by atoms with Crippen molar-refractivity contribution in [3.8, 4) is 12.3 Å². The van der Waals surface area contributed by atoms with Crippen LogP contribution >= 0.6 is 0 Å². The van der Waals surface area contributed by atoms with Gasteiger partial charge in [0.2, 0.25) is 5.95 Å². The minimum Gasteiger partial charge on any atom is -0.368 e. The third-order valence-corrected chi connectivity index (χ3v) is 1.26. The monoisotopic (exact) mass is 177 g/mol. The molecule has 0 atom stereocenters. The summed E-state index contributed by atoms with van der Waals surface area (Å²) in [4.78, 5) is 7.29. The lowest BCUT2D eigenvalue weighted by molar-refractivity contribution is 0.828. The fraction of sp³-hybridized carbons (Fsp3) is 0.400. The van der Waals surface area contributed by atoms with E-state index < -0.39 is 0 Å². The zero-order chi connectivity index (χ0) is 9.94. The fourth-order valence-corrected chi connectivity index (χ4v) is 0.589. The van der Waals surface area contributed by atoms with Crippen molar-refractivity contribution in [3.05, 3.63) is 18.5 Å². The van der Waals surface area contributed by atoms with E-state index in [1.54, 1.807) is 18.5 Å². The summed E-state index contributed by atoms with van der Waals surface area (Å²) in [5, 5.41) is 0. The van der Waals surface area contributed by atoms with Gasteiger partial charge in [-0.25, -0.2) is 9.97 Å². The van der Waals surface area contributed by atoms with E-state index in [4.69, 9.17) is 12.2 Å². The topological polar surface area (TPSA) is 51.8 Å². The number of unbranched alkanes of at least 4 members (excludes halogenated alkanes) is 2. The molecule has 1 aromatic heterocycles. The van der Waals surface area contributed by atoms with Gasteiger partial charge in [0.15, 0.2) is 0 Å². The maximum absolute atomic E-state index is 5.14. The van der Waals surface area contributed by atoms with Gasteiger partial charge in [0, 0.05) is 18.8 Å². The third-order valence-electron chi connectivity index (χ3n) is 1.26.